The third-order valence-electron chi connectivity index (χ3n) is 2.47. The van der Waals surface area contributed by atoms with E-state index in [0.717, 1.165) is 0 Å². The van der Waals surface area contributed by atoms with Crippen LogP contribution in [0.15, 0.2) is 24.3 Å². The second-order valence-corrected chi connectivity index (χ2v) is 4.16. The van der Waals surface area contributed by atoms with E-state index in [1.807, 2.05) is 0 Å². The van der Waals surface area contributed by atoms with Gasteiger partial charge in [-0.3, -0.25) is 4.79 Å². The number of nitrogens with one attached hydrogen (secondary N) is 1. The lowest BCUT2D eigenvalue weighted by molar-refractivity contribution is -0.120. The number of hydrogen-bond acceptors (Lipinski definition) is 3. The van der Waals surface area contributed by atoms with Crippen molar-refractivity contribution in [2.45, 2.75) is 18.9 Å². The smallest absolute Gasteiger partial charge is 0.224 e. The maximum atomic E-state index is 12.9. The lowest BCUT2D eigenvalue weighted by Gasteiger charge is -2.11. The van der Waals surface area contributed by atoms with Gasteiger partial charge >= 0.3 is 0 Å². The topological polar surface area (TPSA) is 64.3 Å². The molecule has 0 saturated heterocycles. The summed E-state index contributed by atoms with van der Waals surface area (Å²) >= 11 is 0. The maximum Gasteiger partial charge on any atom is 0.224 e. The first-order valence-electron chi connectivity index (χ1n) is 5.87. The van der Waals surface area contributed by atoms with Crippen LogP contribution in [0.3, 0.4) is 0 Å². The molecule has 0 saturated carbocycles. The van der Waals surface area contributed by atoms with E-state index in [1.165, 1.54) is 12.1 Å². The van der Waals surface area contributed by atoms with Crippen molar-refractivity contribution in [1.29, 1.82) is 0 Å². The summed E-state index contributed by atoms with van der Waals surface area (Å²) in [5, 5.41) is 2.74. The van der Waals surface area contributed by atoms with Gasteiger partial charge in [-0.15, -0.1) is 0 Å². The highest BCUT2D eigenvalue weighted by atomic mass is 19.1. The molecule has 1 atom stereocenters. The second-order valence-electron chi connectivity index (χ2n) is 4.16. The van der Waals surface area contributed by atoms with Crippen molar-refractivity contribution < 1.29 is 13.9 Å². The predicted octanol–water partition coefficient (Wildman–Crippen LogP) is 0.848. The van der Waals surface area contributed by atoms with Gasteiger partial charge in [0.1, 0.15) is 5.82 Å². The molecule has 18 heavy (non-hydrogen) atoms. The summed E-state index contributed by atoms with van der Waals surface area (Å²) in [5.74, 6) is -0.465. The molecule has 0 aliphatic rings. The van der Waals surface area contributed by atoms with Crippen molar-refractivity contribution in [3.05, 3.63) is 35.6 Å². The number of hydrogen-bond donors (Lipinski definition) is 2. The molecule has 100 valence electrons. The highest BCUT2D eigenvalue weighted by Crippen LogP contribution is 2.04. The largest absolute Gasteiger partial charge is 0.383 e. The zero-order valence-electron chi connectivity index (χ0n) is 10.5. The quantitative estimate of drug-likeness (QED) is 0.758. The lowest BCUT2D eigenvalue weighted by Crippen LogP contribution is -2.33. The molecular weight excluding hydrogens is 235 g/mol. The third-order valence-corrected chi connectivity index (χ3v) is 2.47. The normalized spacial score (nSPS) is 12.2. The molecule has 0 bridgehead atoms. The molecule has 4 nitrogen and oxygen atoms in total. The number of nitrogens with two attached hydrogens (primary N) is 1. The van der Waals surface area contributed by atoms with Gasteiger partial charge in [0.2, 0.25) is 5.91 Å². The Kier molecular flexibility index (Phi) is 6.32. The summed E-state index contributed by atoms with van der Waals surface area (Å²) in [6.45, 7) is 0.971. The molecule has 0 aliphatic heterocycles. The zero-order valence-corrected chi connectivity index (χ0v) is 10.5. The molecule has 0 aromatic heterocycles. The predicted molar refractivity (Wildman–Crippen MR) is 67.6 cm³/mol. The Hall–Kier alpha value is -1.46. The highest BCUT2D eigenvalue weighted by Gasteiger charge is 2.05. The number of methoxy groups -OCH3 is 1. The molecule has 1 aromatic carbocycles. The minimum Gasteiger partial charge on any atom is -0.383 e. The Morgan fingerprint density at radius 3 is 3.00 bits per heavy atom. The fraction of sp³-hybridized carbons (Fsp3) is 0.462. The minimum absolute atomic E-state index is 0.0792. The lowest BCUT2D eigenvalue weighted by atomic mass is 10.1. The van der Waals surface area contributed by atoms with E-state index >= 15 is 0 Å². The molecule has 0 aliphatic carbocycles. The zero-order chi connectivity index (χ0) is 13.4. The van der Waals surface area contributed by atoms with E-state index < -0.39 is 0 Å². The number of amides is 1. The Morgan fingerprint density at radius 1 is 1.56 bits per heavy atom. The Balaban J connectivity index is 2.25. The summed E-state index contributed by atoms with van der Waals surface area (Å²) in [4.78, 5) is 11.6. The summed E-state index contributed by atoms with van der Waals surface area (Å²) in [6, 6.07) is 5.94. The van der Waals surface area contributed by atoms with Gasteiger partial charge in [-0.1, -0.05) is 12.1 Å². The van der Waals surface area contributed by atoms with Crippen molar-refractivity contribution in [1.82, 2.24) is 5.32 Å². The summed E-state index contributed by atoms with van der Waals surface area (Å²) in [5.41, 5.74) is 6.38. The first-order valence-corrected chi connectivity index (χ1v) is 5.87. The molecule has 1 amide bonds. The first-order chi connectivity index (χ1) is 8.61. The van der Waals surface area contributed by atoms with E-state index in [9.17, 15) is 9.18 Å². The van der Waals surface area contributed by atoms with Crippen molar-refractivity contribution in [2.75, 3.05) is 20.3 Å². The summed E-state index contributed by atoms with van der Waals surface area (Å²) in [7, 11) is 1.59. The van der Waals surface area contributed by atoms with Crippen LogP contribution in [0.5, 0.6) is 0 Å². The number of carbonyl (C=O) groups excluding carboxylic acids is 1. The highest BCUT2D eigenvalue weighted by molar-refractivity contribution is 5.78. The molecule has 0 spiro atoms. The van der Waals surface area contributed by atoms with Gasteiger partial charge < -0.3 is 15.8 Å². The average molecular weight is 254 g/mol. The molecule has 3 N–H and O–H groups in total. The van der Waals surface area contributed by atoms with Crippen LogP contribution in [0.1, 0.15) is 12.0 Å². The van der Waals surface area contributed by atoms with E-state index in [4.69, 9.17) is 10.5 Å². The van der Waals surface area contributed by atoms with E-state index in [1.54, 1.807) is 19.2 Å². The molecule has 5 heteroatoms. The fourth-order valence-corrected chi connectivity index (χ4v) is 1.59. The van der Waals surface area contributed by atoms with Crippen molar-refractivity contribution >= 4 is 5.91 Å². The van der Waals surface area contributed by atoms with Crippen LogP contribution in [0, 0.1) is 5.82 Å². The van der Waals surface area contributed by atoms with Crippen LogP contribution >= 0.6 is 0 Å². The minimum atomic E-state index is -0.331. The Labute approximate surface area is 106 Å². The van der Waals surface area contributed by atoms with Gasteiger partial charge in [-0.05, 0) is 24.1 Å². The average Bonchev–Trinajstić information content (AvgIpc) is 2.29. The number of halogens is 1. The molecule has 1 unspecified atom stereocenters. The standard InChI is InChI=1S/C13H19FN2O2/c1-18-9-12(15)5-6-16-13(17)8-10-3-2-4-11(14)7-10/h2-4,7,12H,5-6,8-9,15H2,1H3,(H,16,17). The maximum absolute atomic E-state index is 12.9. The van der Waals surface area contributed by atoms with Crippen molar-refractivity contribution in [3.8, 4) is 0 Å². The number of rotatable bonds is 7. The third kappa shape index (κ3) is 5.75. The monoisotopic (exact) mass is 254 g/mol. The SMILES string of the molecule is COCC(N)CCNC(=O)Cc1cccc(F)c1. The van der Waals surface area contributed by atoms with Gasteiger partial charge in [0, 0.05) is 19.7 Å². The summed E-state index contributed by atoms with van der Waals surface area (Å²) in [6.07, 6.45) is 0.833. The van der Waals surface area contributed by atoms with Crippen LogP contribution in [0.25, 0.3) is 0 Å². The number of ether oxygens (including phenoxy) is 1. The Bertz CT molecular complexity index is 385. The summed E-state index contributed by atoms with van der Waals surface area (Å²) < 4.78 is 17.8. The molecular formula is C13H19FN2O2. The second kappa shape index (κ2) is 7.79. The van der Waals surface area contributed by atoms with Gasteiger partial charge in [-0.25, -0.2) is 4.39 Å². The van der Waals surface area contributed by atoms with Gasteiger partial charge in [-0.2, -0.15) is 0 Å². The van der Waals surface area contributed by atoms with Gasteiger partial charge in [0.05, 0.1) is 13.0 Å². The van der Waals surface area contributed by atoms with Crippen LogP contribution in [-0.4, -0.2) is 32.2 Å². The van der Waals surface area contributed by atoms with E-state index in [-0.39, 0.29) is 24.2 Å². The fourth-order valence-electron chi connectivity index (χ4n) is 1.59. The van der Waals surface area contributed by atoms with Gasteiger partial charge in [0.15, 0.2) is 0 Å². The molecule has 1 rings (SSSR count). The number of benzene rings is 1. The van der Waals surface area contributed by atoms with E-state index in [2.05, 4.69) is 5.32 Å². The molecule has 0 heterocycles. The van der Waals surface area contributed by atoms with Crippen molar-refractivity contribution in [3.63, 3.8) is 0 Å². The molecule has 1 aromatic rings. The van der Waals surface area contributed by atoms with Crippen LogP contribution in [0.2, 0.25) is 0 Å². The van der Waals surface area contributed by atoms with Crippen LogP contribution in [-0.2, 0) is 16.0 Å². The molecule has 0 radical (unpaired) electrons. The van der Waals surface area contributed by atoms with E-state index in [0.29, 0.717) is 25.1 Å². The molecule has 0 fully saturated rings. The van der Waals surface area contributed by atoms with Crippen LogP contribution in [0.4, 0.5) is 4.39 Å². The van der Waals surface area contributed by atoms with Crippen molar-refractivity contribution in [2.24, 2.45) is 5.73 Å². The van der Waals surface area contributed by atoms with Gasteiger partial charge in [0.25, 0.3) is 0 Å². The first kappa shape index (κ1) is 14.6. The Morgan fingerprint density at radius 2 is 2.33 bits per heavy atom. The number of carbonyl (C=O) groups is 1. The van der Waals surface area contributed by atoms with Crippen LogP contribution < -0.4 is 11.1 Å².